The molecule has 0 spiro atoms. The van der Waals surface area contributed by atoms with Gasteiger partial charge in [0, 0.05) is 21.5 Å². The molecule has 0 aliphatic heterocycles. The number of carbonyl (C=O) groups is 1. The van der Waals surface area contributed by atoms with E-state index in [9.17, 15) is 14.9 Å². The Morgan fingerprint density at radius 2 is 1.87 bits per heavy atom. The first kappa shape index (κ1) is 22.3. The average Bonchev–Trinajstić information content (AvgIpc) is 2.78. The molecule has 9 heteroatoms. The number of benzene rings is 3. The van der Waals surface area contributed by atoms with Gasteiger partial charge in [-0.25, -0.2) is 5.43 Å². The summed E-state index contributed by atoms with van der Waals surface area (Å²) < 4.78 is 5.60. The summed E-state index contributed by atoms with van der Waals surface area (Å²) in [5.41, 5.74) is 3.60. The minimum atomic E-state index is -0.515. The van der Waals surface area contributed by atoms with Crippen LogP contribution in [0.2, 0.25) is 5.02 Å². The Hall–Kier alpha value is -3.36. The maximum atomic E-state index is 11.9. The summed E-state index contributed by atoms with van der Waals surface area (Å²) in [7, 11) is 0. The number of nitro benzene ring substituents is 1. The van der Waals surface area contributed by atoms with Crippen LogP contribution in [-0.4, -0.2) is 22.8 Å². The van der Waals surface area contributed by atoms with Crippen LogP contribution in [0.4, 0.5) is 5.69 Å². The molecule has 0 heterocycles. The van der Waals surface area contributed by atoms with Gasteiger partial charge in [-0.15, -0.1) is 11.8 Å². The lowest BCUT2D eigenvalue weighted by Crippen LogP contribution is -2.19. The van der Waals surface area contributed by atoms with Crippen LogP contribution in [0.15, 0.2) is 82.8 Å². The largest absolute Gasteiger partial charge is 0.482 e. The Morgan fingerprint density at radius 1 is 1.13 bits per heavy atom. The molecule has 0 aliphatic carbocycles. The summed E-state index contributed by atoms with van der Waals surface area (Å²) in [6.45, 7) is 0.219. The Kier molecular flexibility index (Phi) is 8.03. The summed E-state index contributed by atoms with van der Waals surface area (Å²) in [5, 5.41) is 15.9. The van der Waals surface area contributed by atoms with Gasteiger partial charge in [0.2, 0.25) is 5.91 Å². The van der Waals surface area contributed by atoms with Crippen molar-refractivity contribution >= 4 is 41.2 Å². The van der Waals surface area contributed by atoms with Gasteiger partial charge < -0.3 is 4.74 Å². The van der Waals surface area contributed by atoms with Gasteiger partial charge >= 0.3 is 5.69 Å². The van der Waals surface area contributed by atoms with E-state index in [2.05, 4.69) is 10.5 Å². The number of ether oxygens (including phenoxy) is 1. The molecule has 3 aromatic rings. The average molecular weight is 456 g/mol. The predicted octanol–water partition coefficient (Wildman–Crippen LogP) is 5.07. The van der Waals surface area contributed by atoms with Gasteiger partial charge in [-0.2, -0.15) is 5.10 Å². The first-order valence-corrected chi connectivity index (χ1v) is 10.5. The molecule has 0 aliphatic rings. The molecule has 3 aromatic carbocycles. The van der Waals surface area contributed by atoms with Crippen LogP contribution < -0.4 is 10.2 Å². The molecular formula is C22H18ClN3O4S. The van der Waals surface area contributed by atoms with E-state index in [4.69, 9.17) is 16.3 Å². The molecule has 1 N–H and O–H groups in total. The highest BCUT2D eigenvalue weighted by molar-refractivity contribution is 8.00. The normalized spacial score (nSPS) is 10.7. The van der Waals surface area contributed by atoms with Crippen LogP contribution in [-0.2, 0) is 11.4 Å². The molecule has 0 atom stereocenters. The summed E-state index contributed by atoms with van der Waals surface area (Å²) >= 11 is 7.17. The first-order chi connectivity index (χ1) is 15.0. The van der Waals surface area contributed by atoms with Crippen molar-refractivity contribution in [3.63, 3.8) is 0 Å². The molecule has 0 bridgehead atoms. The van der Waals surface area contributed by atoms with Crippen molar-refractivity contribution < 1.29 is 14.5 Å². The minimum absolute atomic E-state index is 0.161. The number of halogens is 1. The van der Waals surface area contributed by atoms with Crippen LogP contribution in [0.3, 0.4) is 0 Å². The second kappa shape index (κ2) is 11.1. The first-order valence-electron chi connectivity index (χ1n) is 9.17. The molecule has 0 radical (unpaired) electrons. The molecule has 0 saturated carbocycles. The molecule has 0 fully saturated rings. The van der Waals surface area contributed by atoms with Gasteiger partial charge in [-0.1, -0.05) is 41.9 Å². The van der Waals surface area contributed by atoms with Gasteiger partial charge in [0.1, 0.15) is 6.61 Å². The molecule has 3 rings (SSSR count). The number of hydrogen-bond acceptors (Lipinski definition) is 6. The van der Waals surface area contributed by atoms with Gasteiger partial charge in [-0.3, -0.25) is 14.9 Å². The van der Waals surface area contributed by atoms with Crippen LogP contribution in [0.1, 0.15) is 11.1 Å². The zero-order valence-electron chi connectivity index (χ0n) is 16.2. The summed E-state index contributed by atoms with van der Waals surface area (Å²) in [4.78, 5) is 23.7. The molecule has 0 saturated heterocycles. The number of nitro groups is 1. The van der Waals surface area contributed by atoms with E-state index in [0.717, 1.165) is 10.5 Å². The third-order valence-corrected chi connectivity index (χ3v) is 5.27. The van der Waals surface area contributed by atoms with Crippen molar-refractivity contribution in [2.24, 2.45) is 5.10 Å². The summed E-state index contributed by atoms with van der Waals surface area (Å²) in [6, 6.07) is 21.0. The number of rotatable bonds is 9. The van der Waals surface area contributed by atoms with Gasteiger partial charge in [0.05, 0.1) is 16.9 Å². The molecule has 158 valence electrons. The number of nitrogens with zero attached hydrogens (tertiary/aromatic N) is 2. The Bertz CT molecular complexity index is 1080. The fourth-order valence-corrected chi connectivity index (χ4v) is 3.32. The maximum Gasteiger partial charge on any atom is 0.311 e. The summed E-state index contributed by atoms with van der Waals surface area (Å²) in [5.74, 6) is 0.0358. The number of hydrogen-bond donors (Lipinski definition) is 1. The van der Waals surface area contributed by atoms with Crippen molar-refractivity contribution in [3.8, 4) is 5.75 Å². The van der Waals surface area contributed by atoms with E-state index in [-0.39, 0.29) is 29.7 Å². The maximum absolute atomic E-state index is 11.9. The SMILES string of the molecule is O=C(CSc1ccc(Cl)cc1)N/N=C\c1ccc(OCc2ccccc2)c([N+](=O)[O-])c1. The fourth-order valence-electron chi connectivity index (χ4n) is 2.51. The zero-order chi connectivity index (χ0) is 22.1. The van der Waals surface area contributed by atoms with Crippen LogP contribution >= 0.6 is 23.4 Å². The fraction of sp³-hybridized carbons (Fsp3) is 0.0909. The van der Waals surface area contributed by atoms with Gasteiger partial charge in [0.15, 0.2) is 5.75 Å². The van der Waals surface area contributed by atoms with E-state index in [0.29, 0.717) is 10.6 Å². The second-order valence-corrected chi connectivity index (χ2v) is 7.78. The van der Waals surface area contributed by atoms with Gasteiger partial charge in [-0.05, 0) is 42.0 Å². The van der Waals surface area contributed by atoms with E-state index >= 15 is 0 Å². The second-order valence-electron chi connectivity index (χ2n) is 6.29. The van der Waals surface area contributed by atoms with Crippen molar-refractivity contribution in [3.05, 3.63) is 99.1 Å². The highest BCUT2D eigenvalue weighted by Crippen LogP contribution is 2.28. The molecule has 7 nitrogen and oxygen atoms in total. The van der Waals surface area contributed by atoms with Crippen molar-refractivity contribution in [2.45, 2.75) is 11.5 Å². The van der Waals surface area contributed by atoms with Crippen LogP contribution in [0.5, 0.6) is 5.75 Å². The Balaban J connectivity index is 1.55. The van der Waals surface area contributed by atoms with E-state index < -0.39 is 4.92 Å². The molecule has 0 aromatic heterocycles. The highest BCUT2D eigenvalue weighted by atomic mass is 35.5. The van der Waals surface area contributed by atoms with Crippen LogP contribution in [0.25, 0.3) is 0 Å². The number of carbonyl (C=O) groups excluding carboxylic acids is 1. The summed E-state index contributed by atoms with van der Waals surface area (Å²) in [6.07, 6.45) is 1.35. The van der Waals surface area contributed by atoms with Crippen molar-refractivity contribution in [1.82, 2.24) is 5.43 Å². The monoisotopic (exact) mass is 455 g/mol. The highest BCUT2D eigenvalue weighted by Gasteiger charge is 2.16. The lowest BCUT2D eigenvalue weighted by Gasteiger charge is -2.07. The van der Waals surface area contributed by atoms with E-state index in [1.54, 1.807) is 18.2 Å². The standard InChI is InChI=1S/C22H18ClN3O4S/c23-18-7-9-19(10-8-18)31-15-22(27)25-24-13-17-6-11-21(20(12-17)26(28)29)30-14-16-4-2-1-3-5-16/h1-13H,14-15H2,(H,25,27)/b24-13-. The molecular weight excluding hydrogens is 438 g/mol. The number of nitrogens with one attached hydrogen (secondary N) is 1. The predicted molar refractivity (Wildman–Crippen MR) is 122 cm³/mol. The Morgan fingerprint density at radius 3 is 2.58 bits per heavy atom. The zero-order valence-corrected chi connectivity index (χ0v) is 17.8. The van der Waals surface area contributed by atoms with Crippen LogP contribution in [0, 0.1) is 10.1 Å². The minimum Gasteiger partial charge on any atom is -0.482 e. The molecule has 1 amide bonds. The smallest absolute Gasteiger partial charge is 0.311 e. The molecule has 31 heavy (non-hydrogen) atoms. The number of hydrazone groups is 1. The Labute approximate surface area is 188 Å². The van der Waals surface area contributed by atoms with Crippen molar-refractivity contribution in [2.75, 3.05) is 5.75 Å². The lowest BCUT2D eigenvalue weighted by molar-refractivity contribution is -0.385. The van der Waals surface area contributed by atoms with Crippen molar-refractivity contribution in [1.29, 1.82) is 0 Å². The third kappa shape index (κ3) is 7.13. The number of thioether (sulfide) groups is 1. The van der Waals surface area contributed by atoms with Gasteiger partial charge in [0.25, 0.3) is 0 Å². The lowest BCUT2D eigenvalue weighted by atomic mass is 10.2. The number of amides is 1. The van der Waals surface area contributed by atoms with E-state index in [1.807, 2.05) is 42.5 Å². The molecule has 0 unspecified atom stereocenters. The topological polar surface area (TPSA) is 93.8 Å². The van der Waals surface area contributed by atoms with E-state index in [1.165, 1.54) is 30.1 Å². The third-order valence-electron chi connectivity index (χ3n) is 4.00. The quantitative estimate of drug-likeness (QED) is 0.210.